The maximum atomic E-state index is 12.8. The summed E-state index contributed by atoms with van der Waals surface area (Å²) >= 11 is 0. The molecule has 12 heteroatoms. The van der Waals surface area contributed by atoms with Gasteiger partial charge in [0.25, 0.3) is 0 Å². The van der Waals surface area contributed by atoms with Crippen LogP contribution < -0.4 is 0 Å². The zero-order valence-electron chi connectivity index (χ0n) is 8.68. The van der Waals surface area contributed by atoms with E-state index in [1.54, 1.807) is 0 Å². The fourth-order valence-electron chi connectivity index (χ4n) is 1.01. The van der Waals surface area contributed by atoms with Crippen LogP contribution in [0.25, 0.3) is 0 Å². The minimum atomic E-state index is -7.51. The van der Waals surface area contributed by atoms with E-state index in [4.69, 9.17) is 5.11 Å². The van der Waals surface area contributed by atoms with Crippen molar-refractivity contribution in [1.82, 2.24) is 0 Å². The van der Waals surface area contributed by atoms with E-state index < -0.39 is 36.0 Å². The second kappa shape index (κ2) is 4.35. The molecule has 0 aromatic rings. The molecular weight excluding hydrogens is 309 g/mol. The van der Waals surface area contributed by atoms with Crippen LogP contribution >= 0.6 is 0 Å². The Morgan fingerprint density at radius 2 is 0.947 bits per heavy atom. The van der Waals surface area contributed by atoms with Gasteiger partial charge in [0.2, 0.25) is 0 Å². The van der Waals surface area contributed by atoms with E-state index >= 15 is 0 Å². The zero-order chi connectivity index (χ0) is 16.1. The summed E-state index contributed by atoms with van der Waals surface area (Å²) in [7, 11) is 0. The lowest BCUT2D eigenvalue weighted by Gasteiger charge is -2.40. The molecule has 0 aromatic heterocycles. The number of hydrogen-bond acceptors (Lipinski definition) is 1. The highest BCUT2D eigenvalue weighted by molar-refractivity contribution is 5.12. The molecule has 0 aliphatic carbocycles. The Morgan fingerprint density at radius 3 is 1.11 bits per heavy atom. The molecule has 1 N–H and O–H groups in total. The first-order chi connectivity index (χ1) is 7.94. The van der Waals surface area contributed by atoms with Crippen molar-refractivity contribution in [1.29, 1.82) is 0 Å². The number of hydrogen-bond donors (Lipinski definition) is 1. The van der Waals surface area contributed by atoms with E-state index in [-0.39, 0.29) is 6.92 Å². The van der Waals surface area contributed by atoms with Gasteiger partial charge in [-0.05, 0) is 6.92 Å². The van der Waals surface area contributed by atoms with E-state index in [2.05, 4.69) is 0 Å². The standard InChI is InChI=1S/C7H5F11O/c1-2(19)3(8,9)5(11,12)4(10,6(13,14)15)7(16,17)18/h2,19H,1H3. The molecule has 0 aromatic carbocycles. The van der Waals surface area contributed by atoms with Crippen LogP contribution in [0.4, 0.5) is 48.3 Å². The highest BCUT2D eigenvalue weighted by atomic mass is 19.4. The van der Waals surface area contributed by atoms with Gasteiger partial charge in [-0.1, -0.05) is 0 Å². The largest absolute Gasteiger partial charge is 0.438 e. The lowest BCUT2D eigenvalue weighted by atomic mass is 9.88. The van der Waals surface area contributed by atoms with Gasteiger partial charge in [0.15, 0.2) is 0 Å². The van der Waals surface area contributed by atoms with Crippen molar-refractivity contribution in [3.8, 4) is 0 Å². The number of aliphatic hydroxyl groups excluding tert-OH is 1. The zero-order valence-corrected chi connectivity index (χ0v) is 8.68. The summed E-state index contributed by atoms with van der Waals surface area (Å²) in [5.41, 5.74) is -7.51. The van der Waals surface area contributed by atoms with E-state index in [0.29, 0.717) is 0 Å². The van der Waals surface area contributed by atoms with Gasteiger partial charge in [-0.2, -0.15) is 43.9 Å². The van der Waals surface area contributed by atoms with Crippen molar-refractivity contribution in [2.45, 2.75) is 42.9 Å². The Bertz CT molecular complexity index is 311. The molecule has 0 spiro atoms. The summed E-state index contributed by atoms with van der Waals surface area (Å²) in [6, 6.07) is 0. The Kier molecular flexibility index (Phi) is 4.16. The maximum absolute atomic E-state index is 12.8. The van der Waals surface area contributed by atoms with Crippen LogP contribution in [0.1, 0.15) is 6.92 Å². The summed E-state index contributed by atoms with van der Waals surface area (Å²) in [5, 5.41) is 8.18. The number of halogens is 11. The van der Waals surface area contributed by atoms with Gasteiger partial charge in [0.1, 0.15) is 6.10 Å². The smallest absolute Gasteiger partial charge is 0.387 e. The van der Waals surface area contributed by atoms with Gasteiger partial charge >= 0.3 is 29.9 Å². The predicted molar refractivity (Wildman–Crippen MR) is 37.5 cm³/mol. The second-order valence-electron chi connectivity index (χ2n) is 3.53. The van der Waals surface area contributed by atoms with Crippen molar-refractivity contribution >= 4 is 0 Å². The van der Waals surface area contributed by atoms with E-state index in [0.717, 1.165) is 0 Å². The van der Waals surface area contributed by atoms with Crippen LogP contribution in [0.2, 0.25) is 0 Å². The molecule has 1 unspecified atom stereocenters. The molecule has 0 radical (unpaired) electrons. The van der Waals surface area contributed by atoms with Crippen molar-refractivity contribution < 1.29 is 53.4 Å². The average molecular weight is 314 g/mol. The molecular formula is C7H5F11O. The summed E-state index contributed by atoms with van der Waals surface area (Å²) in [6.45, 7) is -0.207. The SMILES string of the molecule is CC(O)C(F)(F)C(F)(F)C(F)(C(F)(F)F)C(F)(F)F. The van der Waals surface area contributed by atoms with Crippen LogP contribution in [0.5, 0.6) is 0 Å². The highest BCUT2D eigenvalue weighted by Crippen LogP contribution is 2.59. The molecule has 1 atom stereocenters. The molecule has 0 aliphatic heterocycles. The monoisotopic (exact) mass is 314 g/mol. The molecule has 0 bridgehead atoms. The fraction of sp³-hybridized carbons (Fsp3) is 1.00. The quantitative estimate of drug-likeness (QED) is 0.791. The van der Waals surface area contributed by atoms with E-state index in [1.165, 1.54) is 0 Å². The molecule has 19 heavy (non-hydrogen) atoms. The summed E-state index contributed by atoms with van der Waals surface area (Å²) in [6.07, 6.45) is -18.4. The number of alkyl halides is 11. The van der Waals surface area contributed by atoms with Crippen LogP contribution in [-0.4, -0.2) is 41.1 Å². The first-order valence-corrected chi connectivity index (χ1v) is 4.20. The first kappa shape index (κ1) is 18.2. The number of aliphatic hydroxyl groups is 1. The van der Waals surface area contributed by atoms with Crippen LogP contribution in [-0.2, 0) is 0 Å². The van der Waals surface area contributed by atoms with Gasteiger partial charge < -0.3 is 5.11 Å². The van der Waals surface area contributed by atoms with Gasteiger partial charge in [-0.25, -0.2) is 4.39 Å². The van der Waals surface area contributed by atoms with Crippen LogP contribution in [0, 0.1) is 0 Å². The lowest BCUT2D eigenvalue weighted by molar-refractivity contribution is -0.432. The van der Waals surface area contributed by atoms with Crippen molar-refractivity contribution in [2.75, 3.05) is 0 Å². The van der Waals surface area contributed by atoms with Crippen molar-refractivity contribution in [3.63, 3.8) is 0 Å². The third-order valence-corrected chi connectivity index (χ3v) is 2.16. The van der Waals surface area contributed by atoms with Gasteiger partial charge in [0, 0.05) is 0 Å². The molecule has 0 rings (SSSR count). The molecule has 0 saturated heterocycles. The molecule has 0 heterocycles. The van der Waals surface area contributed by atoms with Crippen molar-refractivity contribution in [2.24, 2.45) is 0 Å². The van der Waals surface area contributed by atoms with Crippen LogP contribution in [0.3, 0.4) is 0 Å². The minimum absolute atomic E-state index is 0.207. The number of rotatable bonds is 3. The fourth-order valence-corrected chi connectivity index (χ4v) is 1.01. The maximum Gasteiger partial charge on any atom is 0.438 e. The molecule has 0 amide bonds. The highest BCUT2D eigenvalue weighted by Gasteiger charge is 2.90. The van der Waals surface area contributed by atoms with Gasteiger partial charge in [-0.3, -0.25) is 0 Å². The third-order valence-electron chi connectivity index (χ3n) is 2.16. The molecule has 1 nitrogen and oxygen atoms in total. The molecule has 0 fully saturated rings. The van der Waals surface area contributed by atoms with Crippen molar-refractivity contribution in [3.05, 3.63) is 0 Å². The lowest BCUT2D eigenvalue weighted by Crippen LogP contribution is -2.71. The third kappa shape index (κ3) is 2.34. The topological polar surface area (TPSA) is 20.2 Å². The van der Waals surface area contributed by atoms with E-state index in [9.17, 15) is 48.3 Å². The molecule has 0 aliphatic rings. The first-order valence-electron chi connectivity index (χ1n) is 4.20. The Hall–Kier alpha value is -0.810. The summed E-state index contributed by atoms with van der Waals surface area (Å²) in [5.74, 6) is -13.6. The van der Waals surface area contributed by atoms with Crippen LogP contribution in [0.15, 0.2) is 0 Å². The van der Waals surface area contributed by atoms with E-state index in [1.807, 2.05) is 0 Å². The Balaban J connectivity index is 6.22. The second-order valence-corrected chi connectivity index (χ2v) is 3.53. The summed E-state index contributed by atoms with van der Waals surface area (Å²) < 4.78 is 135. The predicted octanol–water partition coefficient (Wildman–Crippen LogP) is 3.47. The van der Waals surface area contributed by atoms with Gasteiger partial charge in [0.05, 0.1) is 0 Å². The molecule has 0 saturated carbocycles. The Morgan fingerprint density at radius 1 is 0.684 bits per heavy atom. The Labute approximate surface area is 97.5 Å². The minimum Gasteiger partial charge on any atom is -0.387 e. The normalized spacial score (nSPS) is 17.5. The van der Waals surface area contributed by atoms with Gasteiger partial charge in [-0.15, -0.1) is 0 Å². The summed E-state index contributed by atoms with van der Waals surface area (Å²) in [4.78, 5) is 0. The average Bonchev–Trinajstić information content (AvgIpc) is 2.11. The molecule has 116 valence electrons.